The van der Waals surface area contributed by atoms with Crippen LogP contribution in [0, 0.1) is 0 Å². The Kier molecular flexibility index (Phi) is 8.10. The third kappa shape index (κ3) is 6.19. The van der Waals surface area contributed by atoms with Crippen molar-refractivity contribution in [3.8, 4) is 0 Å². The molecule has 162 valence electrons. The van der Waals surface area contributed by atoms with Gasteiger partial charge in [-0.1, -0.05) is 30.8 Å². The van der Waals surface area contributed by atoms with Crippen LogP contribution in [0.4, 0.5) is 5.82 Å². The lowest BCUT2D eigenvalue weighted by Gasteiger charge is -2.32. The molecule has 7 heteroatoms. The Morgan fingerprint density at radius 2 is 1.87 bits per heavy atom. The number of nitrogens with one attached hydrogen (secondary N) is 2. The van der Waals surface area contributed by atoms with Gasteiger partial charge >= 0.3 is 0 Å². The average Bonchev–Trinajstić information content (AvgIpc) is 2.77. The number of piperazine rings is 1. The van der Waals surface area contributed by atoms with Gasteiger partial charge in [-0.05, 0) is 44.9 Å². The van der Waals surface area contributed by atoms with Gasteiger partial charge in [0.1, 0.15) is 5.82 Å². The molecule has 0 radical (unpaired) electrons. The minimum atomic E-state index is -0.0298. The summed E-state index contributed by atoms with van der Waals surface area (Å²) in [5.41, 5.74) is 2.94. The minimum Gasteiger partial charge on any atom is -0.350 e. The molecule has 0 spiro atoms. The molecule has 2 aromatic rings. The fourth-order valence-electron chi connectivity index (χ4n) is 3.52. The van der Waals surface area contributed by atoms with Crippen LogP contribution < -0.4 is 15.1 Å². The number of anilines is 1. The SMILES string of the molecule is CCc1cc(N2CC[NH+](CC)CC2)nc(SCc2ccc(C(=O)NC(C)C)cc2)n1. The molecule has 1 aliphatic heterocycles. The number of thioether (sulfide) groups is 1. The number of rotatable bonds is 8. The fourth-order valence-corrected chi connectivity index (χ4v) is 4.35. The van der Waals surface area contributed by atoms with Crippen LogP contribution >= 0.6 is 11.8 Å². The number of carbonyl (C=O) groups excluding carboxylic acids is 1. The number of hydrogen-bond acceptors (Lipinski definition) is 5. The molecule has 1 saturated heterocycles. The molecule has 0 saturated carbocycles. The van der Waals surface area contributed by atoms with Gasteiger partial charge in [0, 0.05) is 29.1 Å². The predicted octanol–water partition coefficient (Wildman–Crippen LogP) is 2.19. The smallest absolute Gasteiger partial charge is 0.251 e. The Bertz CT molecular complexity index is 832. The number of likely N-dealkylation sites (N-methyl/N-ethyl adjacent to an activating group) is 1. The van der Waals surface area contributed by atoms with Crippen molar-refractivity contribution in [1.82, 2.24) is 15.3 Å². The Morgan fingerprint density at radius 1 is 1.17 bits per heavy atom. The molecule has 0 atom stereocenters. The quantitative estimate of drug-likeness (QED) is 0.499. The van der Waals surface area contributed by atoms with E-state index >= 15 is 0 Å². The molecule has 1 aromatic heterocycles. The zero-order valence-corrected chi connectivity index (χ0v) is 19.4. The molecule has 3 rings (SSSR count). The lowest BCUT2D eigenvalue weighted by Crippen LogP contribution is -3.14. The van der Waals surface area contributed by atoms with Crippen molar-refractivity contribution in [3.63, 3.8) is 0 Å². The van der Waals surface area contributed by atoms with E-state index in [9.17, 15) is 4.79 Å². The maximum absolute atomic E-state index is 12.1. The highest BCUT2D eigenvalue weighted by molar-refractivity contribution is 7.98. The molecule has 6 nitrogen and oxygen atoms in total. The number of quaternary nitrogens is 1. The van der Waals surface area contributed by atoms with Crippen LogP contribution in [-0.4, -0.2) is 54.6 Å². The molecule has 0 aliphatic carbocycles. The van der Waals surface area contributed by atoms with Crippen molar-refractivity contribution < 1.29 is 9.69 Å². The van der Waals surface area contributed by atoms with Gasteiger partial charge in [0.2, 0.25) is 0 Å². The summed E-state index contributed by atoms with van der Waals surface area (Å²) < 4.78 is 0. The summed E-state index contributed by atoms with van der Waals surface area (Å²) in [4.78, 5) is 25.7. The largest absolute Gasteiger partial charge is 0.350 e. The first-order valence-electron chi connectivity index (χ1n) is 11.0. The lowest BCUT2D eigenvalue weighted by atomic mass is 10.1. The molecule has 1 aliphatic rings. The summed E-state index contributed by atoms with van der Waals surface area (Å²) in [6.07, 6.45) is 0.906. The van der Waals surface area contributed by atoms with Crippen molar-refractivity contribution in [1.29, 1.82) is 0 Å². The summed E-state index contributed by atoms with van der Waals surface area (Å²) in [5.74, 6) is 1.81. The van der Waals surface area contributed by atoms with Crippen LogP contribution in [0.15, 0.2) is 35.5 Å². The van der Waals surface area contributed by atoms with Gasteiger partial charge < -0.3 is 15.1 Å². The highest BCUT2D eigenvalue weighted by Gasteiger charge is 2.20. The number of hydrogen-bond donors (Lipinski definition) is 2. The normalized spacial score (nSPS) is 14.9. The molecule has 1 aromatic carbocycles. The molecule has 2 heterocycles. The zero-order valence-electron chi connectivity index (χ0n) is 18.6. The van der Waals surface area contributed by atoms with Crippen LogP contribution in [0.5, 0.6) is 0 Å². The molecule has 2 N–H and O–H groups in total. The topological polar surface area (TPSA) is 62.6 Å². The lowest BCUT2D eigenvalue weighted by molar-refractivity contribution is -0.898. The van der Waals surface area contributed by atoms with Crippen molar-refractivity contribution in [2.24, 2.45) is 0 Å². The Hall–Kier alpha value is -2.12. The number of nitrogens with zero attached hydrogens (tertiary/aromatic N) is 3. The number of aromatic nitrogens is 2. The summed E-state index contributed by atoms with van der Waals surface area (Å²) in [7, 11) is 0. The van der Waals surface area contributed by atoms with E-state index in [4.69, 9.17) is 9.97 Å². The Morgan fingerprint density at radius 3 is 2.47 bits per heavy atom. The molecule has 0 bridgehead atoms. The summed E-state index contributed by atoms with van der Waals surface area (Å²) in [5, 5.41) is 3.75. The standard InChI is InChI=1S/C23H33N5OS/c1-5-20-15-21(28-13-11-27(6-2)12-14-28)26-23(25-20)30-16-18-7-9-19(10-8-18)22(29)24-17(3)4/h7-10,15,17H,5-6,11-14,16H2,1-4H3,(H,24,29)/p+1. The summed E-state index contributed by atoms with van der Waals surface area (Å²) in [6.45, 7) is 13.9. The highest BCUT2D eigenvalue weighted by atomic mass is 32.2. The zero-order chi connectivity index (χ0) is 21.5. The van der Waals surface area contributed by atoms with E-state index in [0.29, 0.717) is 5.56 Å². The Balaban J connectivity index is 1.64. The first-order chi connectivity index (χ1) is 14.5. The Labute approximate surface area is 184 Å². The summed E-state index contributed by atoms with van der Waals surface area (Å²) in [6, 6.07) is 10.1. The van der Waals surface area contributed by atoms with E-state index < -0.39 is 0 Å². The number of aryl methyl sites for hydroxylation is 1. The van der Waals surface area contributed by atoms with Gasteiger partial charge in [-0.2, -0.15) is 0 Å². The van der Waals surface area contributed by atoms with E-state index in [2.05, 4.69) is 30.1 Å². The predicted molar refractivity (Wildman–Crippen MR) is 123 cm³/mol. The third-order valence-corrected chi connectivity index (χ3v) is 6.32. The third-order valence-electron chi connectivity index (χ3n) is 5.41. The molecule has 1 fully saturated rings. The van der Waals surface area contributed by atoms with Gasteiger partial charge in [-0.15, -0.1) is 0 Å². The average molecular weight is 429 g/mol. The highest BCUT2D eigenvalue weighted by Crippen LogP contribution is 2.23. The first-order valence-corrected chi connectivity index (χ1v) is 12.0. The van der Waals surface area contributed by atoms with Gasteiger partial charge in [-0.3, -0.25) is 4.79 Å². The maximum atomic E-state index is 12.1. The molecular weight excluding hydrogens is 394 g/mol. The van der Waals surface area contributed by atoms with Gasteiger partial charge in [-0.25, -0.2) is 9.97 Å². The van der Waals surface area contributed by atoms with E-state index in [-0.39, 0.29) is 11.9 Å². The van der Waals surface area contributed by atoms with Gasteiger partial charge in [0.25, 0.3) is 5.91 Å². The molecule has 1 amide bonds. The van der Waals surface area contributed by atoms with Crippen LogP contribution in [-0.2, 0) is 12.2 Å². The second-order valence-corrected chi connectivity index (χ2v) is 9.00. The number of amides is 1. The van der Waals surface area contributed by atoms with E-state index in [1.165, 1.54) is 19.6 Å². The second-order valence-electron chi connectivity index (χ2n) is 8.06. The van der Waals surface area contributed by atoms with Crippen LogP contribution in [0.3, 0.4) is 0 Å². The van der Waals surface area contributed by atoms with Crippen molar-refractivity contribution in [3.05, 3.63) is 47.2 Å². The minimum absolute atomic E-state index is 0.0298. The van der Waals surface area contributed by atoms with Crippen LogP contribution in [0.2, 0.25) is 0 Å². The summed E-state index contributed by atoms with van der Waals surface area (Å²) >= 11 is 1.66. The van der Waals surface area contributed by atoms with E-state index in [1.54, 1.807) is 16.7 Å². The maximum Gasteiger partial charge on any atom is 0.251 e. The molecular formula is C23H34N5OS+. The molecule has 30 heavy (non-hydrogen) atoms. The van der Waals surface area contributed by atoms with E-state index in [1.807, 2.05) is 38.1 Å². The molecule has 0 unspecified atom stereocenters. The van der Waals surface area contributed by atoms with Crippen LogP contribution in [0.1, 0.15) is 49.3 Å². The van der Waals surface area contributed by atoms with Crippen molar-refractivity contribution in [2.75, 3.05) is 37.6 Å². The van der Waals surface area contributed by atoms with Crippen molar-refractivity contribution in [2.45, 2.75) is 51.1 Å². The monoisotopic (exact) mass is 428 g/mol. The first kappa shape index (κ1) is 22.6. The number of benzene rings is 1. The van der Waals surface area contributed by atoms with Gasteiger partial charge in [0.15, 0.2) is 5.16 Å². The van der Waals surface area contributed by atoms with Crippen molar-refractivity contribution >= 4 is 23.5 Å². The van der Waals surface area contributed by atoms with Gasteiger partial charge in [0.05, 0.1) is 32.7 Å². The van der Waals surface area contributed by atoms with Crippen LogP contribution in [0.25, 0.3) is 0 Å². The number of carbonyl (C=O) groups is 1. The fraction of sp³-hybridized carbons (Fsp3) is 0.522. The second kappa shape index (κ2) is 10.8. The van der Waals surface area contributed by atoms with E-state index in [0.717, 1.165) is 47.5 Å².